The average molecular weight is 211 g/mol. The van der Waals surface area contributed by atoms with Crippen molar-refractivity contribution in [3.05, 3.63) is 0 Å². The van der Waals surface area contributed by atoms with Gasteiger partial charge in [0.1, 0.15) is 0 Å². The van der Waals surface area contributed by atoms with E-state index >= 15 is 0 Å². The van der Waals surface area contributed by atoms with Gasteiger partial charge in [-0.15, -0.1) is 0 Å². The molecule has 2 fully saturated rings. The van der Waals surface area contributed by atoms with Gasteiger partial charge in [-0.25, -0.2) is 5.84 Å². The van der Waals surface area contributed by atoms with E-state index in [9.17, 15) is 4.79 Å². The van der Waals surface area contributed by atoms with Crippen LogP contribution in [0.5, 0.6) is 0 Å². The van der Waals surface area contributed by atoms with Crippen LogP contribution in [0, 0.1) is 17.8 Å². The van der Waals surface area contributed by atoms with Gasteiger partial charge in [0.05, 0.1) is 0 Å². The number of fused-ring (bicyclic) bond motifs is 1. The smallest absolute Gasteiger partial charge is 0.237 e. The van der Waals surface area contributed by atoms with Gasteiger partial charge in [-0.2, -0.15) is 0 Å². The number of hydrogen-bond acceptors (Lipinski definition) is 3. The Morgan fingerprint density at radius 1 is 1.47 bits per heavy atom. The van der Waals surface area contributed by atoms with E-state index in [0.29, 0.717) is 0 Å². The highest BCUT2D eigenvalue weighted by Crippen LogP contribution is 2.37. The Kier molecular flexibility index (Phi) is 3.26. The predicted octanol–water partition coefficient (Wildman–Crippen LogP) is 0.344. The standard InChI is InChI=1S/C11H21N3O/c1-8(11(15)13-12)5-14-6-9-3-2-4-10(9)7-14/h8-10H,2-7,12H2,1H3,(H,13,15). The van der Waals surface area contributed by atoms with Crippen molar-refractivity contribution in [2.45, 2.75) is 26.2 Å². The molecule has 1 aliphatic carbocycles. The van der Waals surface area contributed by atoms with E-state index in [0.717, 1.165) is 18.4 Å². The molecule has 0 aromatic rings. The summed E-state index contributed by atoms with van der Waals surface area (Å²) in [6.07, 6.45) is 4.18. The minimum atomic E-state index is -0.0490. The fraction of sp³-hybridized carbons (Fsp3) is 0.909. The number of rotatable bonds is 3. The van der Waals surface area contributed by atoms with Gasteiger partial charge in [-0.3, -0.25) is 10.2 Å². The molecule has 1 aliphatic heterocycles. The van der Waals surface area contributed by atoms with E-state index in [2.05, 4.69) is 10.3 Å². The first-order chi connectivity index (χ1) is 7.20. The summed E-state index contributed by atoms with van der Waals surface area (Å²) in [5.41, 5.74) is 2.22. The van der Waals surface area contributed by atoms with Crippen LogP contribution in [0.15, 0.2) is 0 Å². The van der Waals surface area contributed by atoms with Gasteiger partial charge < -0.3 is 4.90 Å². The minimum absolute atomic E-state index is 0.00817. The summed E-state index contributed by atoms with van der Waals surface area (Å²) in [6, 6.07) is 0. The molecule has 1 saturated carbocycles. The van der Waals surface area contributed by atoms with Crippen LogP contribution in [0.2, 0.25) is 0 Å². The van der Waals surface area contributed by atoms with Gasteiger partial charge in [0.25, 0.3) is 0 Å². The first kappa shape index (κ1) is 10.9. The number of amides is 1. The quantitative estimate of drug-likeness (QED) is 0.402. The number of nitrogens with zero attached hydrogens (tertiary/aromatic N) is 1. The van der Waals surface area contributed by atoms with Gasteiger partial charge in [0.15, 0.2) is 0 Å². The Labute approximate surface area is 91.2 Å². The van der Waals surface area contributed by atoms with Crippen molar-refractivity contribution in [1.29, 1.82) is 0 Å². The predicted molar refractivity (Wildman–Crippen MR) is 58.8 cm³/mol. The SMILES string of the molecule is CC(CN1CC2CCCC2C1)C(=O)NN. The van der Waals surface area contributed by atoms with Crippen molar-refractivity contribution < 1.29 is 4.79 Å². The summed E-state index contributed by atoms with van der Waals surface area (Å²) in [7, 11) is 0. The third kappa shape index (κ3) is 2.32. The zero-order valence-corrected chi connectivity index (χ0v) is 9.41. The molecule has 3 N–H and O–H groups in total. The summed E-state index contributed by atoms with van der Waals surface area (Å²) in [6.45, 7) is 5.17. The Balaban J connectivity index is 1.79. The molecule has 1 saturated heterocycles. The molecule has 0 aromatic carbocycles. The van der Waals surface area contributed by atoms with E-state index in [-0.39, 0.29) is 11.8 Å². The maximum atomic E-state index is 11.3. The molecular weight excluding hydrogens is 190 g/mol. The monoisotopic (exact) mass is 211 g/mol. The first-order valence-electron chi connectivity index (χ1n) is 5.93. The number of carbonyl (C=O) groups is 1. The molecule has 15 heavy (non-hydrogen) atoms. The Hall–Kier alpha value is -0.610. The van der Waals surface area contributed by atoms with E-state index in [1.807, 2.05) is 6.92 Å². The van der Waals surface area contributed by atoms with Gasteiger partial charge in [-0.05, 0) is 24.7 Å². The molecule has 1 amide bonds. The molecule has 2 rings (SSSR count). The number of hydrogen-bond donors (Lipinski definition) is 2. The highest BCUT2D eigenvalue weighted by molar-refractivity contribution is 5.77. The van der Waals surface area contributed by atoms with Crippen molar-refractivity contribution in [3.8, 4) is 0 Å². The lowest BCUT2D eigenvalue weighted by Crippen LogP contribution is -2.40. The van der Waals surface area contributed by atoms with Crippen LogP contribution in [0.4, 0.5) is 0 Å². The maximum absolute atomic E-state index is 11.3. The highest BCUT2D eigenvalue weighted by Gasteiger charge is 2.36. The molecule has 4 nitrogen and oxygen atoms in total. The molecule has 4 heteroatoms. The third-order valence-electron chi connectivity index (χ3n) is 3.92. The van der Waals surface area contributed by atoms with Crippen LogP contribution in [-0.4, -0.2) is 30.4 Å². The third-order valence-corrected chi connectivity index (χ3v) is 3.92. The molecule has 3 unspecified atom stereocenters. The van der Waals surface area contributed by atoms with Crippen molar-refractivity contribution in [3.63, 3.8) is 0 Å². The van der Waals surface area contributed by atoms with Crippen molar-refractivity contribution in [2.75, 3.05) is 19.6 Å². The van der Waals surface area contributed by atoms with E-state index in [1.54, 1.807) is 0 Å². The van der Waals surface area contributed by atoms with Crippen LogP contribution in [0.1, 0.15) is 26.2 Å². The number of carbonyl (C=O) groups excluding carboxylic acids is 1. The molecular formula is C11H21N3O. The number of hydrazine groups is 1. The Bertz CT molecular complexity index is 232. The molecule has 0 spiro atoms. The van der Waals surface area contributed by atoms with E-state index < -0.39 is 0 Å². The Morgan fingerprint density at radius 3 is 2.60 bits per heavy atom. The van der Waals surface area contributed by atoms with Gasteiger partial charge >= 0.3 is 0 Å². The highest BCUT2D eigenvalue weighted by atomic mass is 16.2. The molecule has 0 aromatic heterocycles. The lowest BCUT2D eigenvalue weighted by Gasteiger charge is -2.20. The van der Waals surface area contributed by atoms with Crippen LogP contribution in [0.3, 0.4) is 0 Å². The molecule has 0 radical (unpaired) electrons. The number of nitrogens with one attached hydrogen (secondary N) is 1. The van der Waals surface area contributed by atoms with Gasteiger partial charge in [-0.1, -0.05) is 13.3 Å². The normalized spacial score (nSPS) is 32.7. The Morgan fingerprint density at radius 2 is 2.07 bits per heavy atom. The fourth-order valence-electron chi connectivity index (χ4n) is 3.09. The lowest BCUT2D eigenvalue weighted by molar-refractivity contribution is -0.125. The topological polar surface area (TPSA) is 58.4 Å². The summed E-state index contributed by atoms with van der Waals surface area (Å²) in [4.78, 5) is 13.7. The average Bonchev–Trinajstić information content (AvgIpc) is 2.76. The van der Waals surface area contributed by atoms with Crippen LogP contribution in [0.25, 0.3) is 0 Å². The minimum Gasteiger partial charge on any atom is -0.302 e. The summed E-state index contributed by atoms with van der Waals surface area (Å²) < 4.78 is 0. The van der Waals surface area contributed by atoms with Gasteiger partial charge in [0.2, 0.25) is 5.91 Å². The fourth-order valence-corrected chi connectivity index (χ4v) is 3.09. The molecule has 3 atom stereocenters. The second-order valence-electron chi connectivity index (χ2n) is 5.08. The summed E-state index contributed by atoms with van der Waals surface area (Å²) >= 11 is 0. The zero-order chi connectivity index (χ0) is 10.8. The number of likely N-dealkylation sites (tertiary alicyclic amines) is 1. The number of nitrogens with two attached hydrogens (primary N) is 1. The van der Waals surface area contributed by atoms with Crippen molar-refractivity contribution in [2.24, 2.45) is 23.6 Å². The molecule has 86 valence electrons. The van der Waals surface area contributed by atoms with E-state index in [1.165, 1.54) is 32.4 Å². The zero-order valence-electron chi connectivity index (χ0n) is 9.41. The van der Waals surface area contributed by atoms with Crippen LogP contribution < -0.4 is 11.3 Å². The molecule has 0 bridgehead atoms. The van der Waals surface area contributed by atoms with Crippen molar-refractivity contribution in [1.82, 2.24) is 10.3 Å². The lowest BCUT2D eigenvalue weighted by atomic mass is 10.0. The van der Waals surface area contributed by atoms with Crippen LogP contribution >= 0.6 is 0 Å². The molecule has 2 aliphatic rings. The summed E-state index contributed by atoms with van der Waals surface area (Å²) in [5.74, 6) is 6.88. The van der Waals surface area contributed by atoms with Crippen LogP contribution in [-0.2, 0) is 4.79 Å². The first-order valence-corrected chi connectivity index (χ1v) is 5.93. The maximum Gasteiger partial charge on any atom is 0.237 e. The largest absolute Gasteiger partial charge is 0.302 e. The molecule has 1 heterocycles. The van der Waals surface area contributed by atoms with Gasteiger partial charge in [0, 0.05) is 25.6 Å². The second-order valence-corrected chi connectivity index (χ2v) is 5.08. The summed E-state index contributed by atoms with van der Waals surface area (Å²) in [5, 5.41) is 0. The van der Waals surface area contributed by atoms with Crippen molar-refractivity contribution >= 4 is 5.91 Å². The van der Waals surface area contributed by atoms with E-state index in [4.69, 9.17) is 5.84 Å². The second kappa shape index (κ2) is 4.49.